The molecule has 1 saturated carbocycles. The second-order valence-electron chi connectivity index (χ2n) is 5.61. The van der Waals surface area contributed by atoms with Gasteiger partial charge in [-0.05, 0) is 43.7 Å². The number of benzene rings is 1. The van der Waals surface area contributed by atoms with E-state index in [0.29, 0.717) is 29.0 Å². The van der Waals surface area contributed by atoms with Crippen molar-refractivity contribution in [3.8, 4) is 5.75 Å². The molecule has 0 unspecified atom stereocenters. The molecule has 0 spiro atoms. The van der Waals surface area contributed by atoms with Crippen LogP contribution in [0, 0.1) is 5.41 Å². The molecule has 1 aromatic carbocycles. The number of carbonyl (C=O) groups is 1. The van der Waals surface area contributed by atoms with Crippen LogP contribution in [0.4, 0.5) is 5.69 Å². The Hall–Kier alpha value is -1.71. The molecule has 1 aromatic rings. The third-order valence-electron chi connectivity index (χ3n) is 4.29. The smallest absolute Gasteiger partial charge is 0.251 e. The van der Waals surface area contributed by atoms with Crippen molar-refractivity contribution in [2.75, 3.05) is 18.9 Å². The van der Waals surface area contributed by atoms with Gasteiger partial charge in [0.2, 0.25) is 0 Å². The van der Waals surface area contributed by atoms with Gasteiger partial charge in [0.25, 0.3) is 5.91 Å². The number of rotatable bonds is 6. The minimum absolute atomic E-state index is 0.0713. The highest BCUT2D eigenvalue weighted by Gasteiger charge is 2.35. The minimum Gasteiger partial charge on any atom is -0.494 e. The van der Waals surface area contributed by atoms with Gasteiger partial charge in [-0.1, -0.05) is 13.3 Å². The summed E-state index contributed by atoms with van der Waals surface area (Å²) in [6.07, 6.45) is 4.82. The predicted octanol–water partition coefficient (Wildman–Crippen LogP) is 2.98. The molecule has 1 amide bonds. The SMILES string of the molecule is CCOc1cc(N)cc(C(=O)NCC2(CC)CCC2)c1. The molecule has 0 atom stereocenters. The lowest BCUT2D eigenvalue weighted by Gasteiger charge is -2.41. The fraction of sp³-hybridized carbons (Fsp3) is 0.562. The predicted molar refractivity (Wildman–Crippen MR) is 80.9 cm³/mol. The Kier molecular flexibility index (Phi) is 4.53. The van der Waals surface area contributed by atoms with Gasteiger partial charge in [-0.25, -0.2) is 0 Å². The lowest BCUT2D eigenvalue weighted by atomic mass is 9.67. The second-order valence-corrected chi connectivity index (χ2v) is 5.61. The van der Waals surface area contributed by atoms with E-state index in [-0.39, 0.29) is 5.91 Å². The van der Waals surface area contributed by atoms with E-state index in [4.69, 9.17) is 10.5 Å². The van der Waals surface area contributed by atoms with E-state index in [2.05, 4.69) is 12.2 Å². The number of nitrogen functional groups attached to an aromatic ring is 1. The monoisotopic (exact) mass is 276 g/mol. The molecular formula is C16H24N2O2. The normalized spacial score (nSPS) is 16.3. The van der Waals surface area contributed by atoms with Crippen molar-refractivity contribution in [2.45, 2.75) is 39.5 Å². The van der Waals surface area contributed by atoms with Crippen LogP contribution in [0.5, 0.6) is 5.75 Å². The maximum Gasteiger partial charge on any atom is 0.251 e. The minimum atomic E-state index is -0.0713. The summed E-state index contributed by atoms with van der Waals surface area (Å²) in [6.45, 7) is 5.41. The van der Waals surface area contributed by atoms with E-state index in [0.717, 1.165) is 13.0 Å². The molecule has 0 radical (unpaired) electrons. The maximum absolute atomic E-state index is 12.2. The van der Waals surface area contributed by atoms with Gasteiger partial charge in [0.15, 0.2) is 0 Å². The fourth-order valence-electron chi connectivity index (χ4n) is 2.71. The number of nitrogens with one attached hydrogen (secondary N) is 1. The summed E-state index contributed by atoms with van der Waals surface area (Å²) in [5.74, 6) is 0.574. The molecule has 0 saturated heterocycles. The van der Waals surface area contributed by atoms with Gasteiger partial charge in [-0.2, -0.15) is 0 Å². The fourth-order valence-corrected chi connectivity index (χ4v) is 2.71. The van der Waals surface area contributed by atoms with Crippen molar-refractivity contribution >= 4 is 11.6 Å². The first kappa shape index (κ1) is 14.7. The highest BCUT2D eigenvalue weighted by molar-refractivity contribution is 5.95. The number of hydrogen-bond acceptors (Lipinski definition) is 3. The average molecular weight is 276 g/mol. The molecule has 0 aromatic heterocycles. The Balaban J connectivity index is 2.01. The van der Waals surface area contributed by atoms with Crippen molar-refractivity contribution in [2.24, 2.45) is 5.41 Å². The van der Waals surface area contributed by atoms with E-state index >= 15 is 0 Å². The standard InChI is InChI=1S/C16H24N2O2/c1-3-16(6-5-7-16)11-18-15(19)12-8-13(17)10-14(9-12)20-4-2/h8-10H,3-7,11,17H2,1-2H3,(H,18,19). The maximum atomic E-state index is 12.2. The van der Waals surface area contributed by atoms with Crippen LogP contribution in [0.2, 0.25) is 0 Å². The summed E-state index contributed by atoms with van der Waals surface area (Å²) in [4.78, 5) is 12.2. The Morgan fingerprint density at radius 2 is 2.10 bits per heavy atom. The molecule has 3 N–H and O–H groups in total. The van der Waals surface area contributed by atoms with E-state index < -0.39 is 0 Å². The van der Waals surface area contributed by atoms with Crippen LogP contribution in [0.15, 0.2) is 18.2 Å². The van der Waals surface area contributed by atoms with Crippen LogP contribution >= 0.6 is 0 Å². The Morgan fingerprint density at radius 3 is 2.65 bits per heavy atom. The summed E-state index contributed by atoms with van der Waals surface area (Å²) in [6, 6.07) is 5.17. The molecule has 0 heterocycles. The molecule has 2 rings (SSSR count). The first-order chi connectivity index (χ1) is 9.58. The van der Waals surface area contributed by atoms with E-state index in [1.54, 1.807) is 18.2 Å². The van der Waals surface area contributed by atoms with Crippen LogP contribution in [0.25, 0.3) is 0 Å². The van der Waals surface area contributed by atoms with E-state index in [1.807, 2.05) is 6.92 Å². The Morgan fingerprint density at radius 1 is 1.35 bits per heavy atom. The van der Waals surface area contributed by atoms with E-state index in [1.165, 1.54) is 19.3 Å². The third-order valence-corrected chi connectivity index (χ3v) is 4.29. The number of hydrogen-bond donors (Lipinski definition) is 2. The summed E-state index contributed by atoms with van der Waals surface area (Å²) in [5.41, 5.74) is 7.25. The summed E-state index contributed by atoms with van der Waals surface area (Å²) < 4.78 is 5.42. The van der Waals surface area contributed by atoms with Crippen LogP contribution in [-0.2, 0) is 0 Å². The number of ether oxygens (including phenoxy) is 1. The van der Waals surface area contributed by atoms with Gasteiger partial charge >= 0.3 is 0 Å². The van der Waals surface area contributed by atoms with Crippen LogP contribution in [0.1, 0.15) is 49.9 Å². The molecule has 0 bridgehead atoms. The number of amides is 1. The van der Waals surface area contributed by atoms with Crippen LogP contribution < -0.4 is 15.8 Å². The highest BCUT2D eigenvalue weighted by atomic mass is 16.5. The third kappa shape index (κ3) is 3.24. The highest BCUT2D eigenvalue weighted by Crippen LogP contribution is 2.43. The second kappa shape index (κ2) is 6.16. The molecule has 1 aliphatic rings. The van der Waals surface area contributed by atoms with Gasteiger partial charge in [0.05, 0.1) is 6.61 Å². The average Bonchev–Trinajstić information content (AvgIpc) is 2.37. The van der Waals surface area contributed by atoms with Crippen molar-refractivity contribution in [3.63, 3.8) is 0 Å². The molecule has 20 heavy (non-hydrogen) atoms. The van der Waals surface area contributed by atoms with Gasteiger partial charge in [-0.15, -0.1) is 0 Å². The van der Waals surface area contributed by atoms with Crippen molar-refractivity contribution in [3.05, 3.63) is 23.8 Å². The zero-order valence-electron chi connectivity index (χ0n) is 12.4. The van der Waals surface area contributed by atoms with E-state index in [9.17, 15) is 4.79 Å². The zero-order valence-corrected chi connectivity index (χ0v) is 12.4. The lowest BCUT2D eigenvalue weighted by Crippen LogP contribution is -2.41. The van der Waals surface area contributed by atoms with Gasteiger partial charge in [-0.3, -0.25) is 4.79 Å². The number of nitrogens with two attached hydrogens (primary N) is 1. The quantitative estimate of drug-likeness (QED) is 0.785. The van der Waals surface area contributed by atoms with Gasteiger partial charge in [0.1, 0.15) is 5.75 Å². The van der Waals surface area contributed by atoms with Crippen LogP contribution in [0.3, 0.4) is 0 Å². The molecule has 110 valence electrons. The Labute approximate surface area is 120 Å². The molecular weight excluding hydrogens is 252 g/mol. The van der Waals surface area contributed by atoms with Crippen LogP contribution in [-0.4, -0.2) is 19.1 Å². The molecule has 4 heteroatoms. The summed E-state index contributed by atoms with van der Waals surface area (Å²) >= 11 is 0. The van der Waals surface area contributed by atoms with Gasteiger partial charge in [0, 0.05) is 23.9 Å². The topological polar surface area (TPSA) is 64.3 Å². The Bertz CT molecular complexity index is 476. The summed E-state index contributed by atoms with van der Waals surface area (Å²) in [5, 5.41) is 3.04. The number of anilines is 1. The lowest BCUT2D eigenvalue weighted by molar-refractivity contribution is 0.0849. The van der Waals surface area contributed by atoms with Crippen molar-refractivity contribution < 1.29 is 9.53 Å². The van der Waals surface area contributed by atoms with Crippen molar-refractivity contribution in [1.29, 1.82) is 0 Å². The molecule has 1 fully saturated rings. The number of carbonyl (C=O) groups excluding carboxylic acids is 1. The molecule has 1 aliphatic carbocycles. The first-order valence-corrected chi connectivity index (χ1v) is 7.40. The van der Waals surface area contributed by atoms with Crippen molar-refractivity contribution in [1.82, 2.24) is 5.32 Å². The molecule has 0 aliphatic heterocycles. The largest absolute Gasteiger partial charge is 0.494 e. The zero-order chi connectivity index (χ0) is 14.6. The molecule has 4 nitrogen and oxygen atoms in total. The first-order valence-electron chi connectivity index (χ1n) is 7.40. The summed E-state index contributed by atoms with van der Waals surface area (Å²) in [7, 11) is 0. The van der Waals surface area contributed by atoms with Gasteiger partial charge < -0.3 is 15.8 Å².